The van der Waals surface area contributed by atoms with E-state index < -0.39 is 11.9 Å². The third-order valence-corrected chi connectivity index (χ3v) is 1.30. The summed E-state index contributed by atoms with van der Waals surface area (Å²) in [6.07, 6.45) is 2.91. The zero-order valence-corrected chi connectivity index (χ0v) is 8.00. The van der Waals surface area contributed by atoms with Crippen LogP contribution >= 0.6 is 12.2 Å². The minimum absolute atomic E-state index is 0.296. The molecule has 14 heavy (non-hydrogen) atoms. The molecule has 0 atom stereocenters. The smallest absolute Gasteiger partial charge is 0.303 e. The number of carboxylic acids is 2. The standard InChI is InChI=1S/C4H6O4.C3H4N2S/c5-3(6)1-2-4(7)8;6-3-4-1-2-5-3/h1-2H2,(H,5,6)(H,7,8);1-2H,(H2,4,5,6). The van der Waals surface area contributed by atoms with Gasteiger partial charge in [-0.25, -0.2) is 0 Å². The van der Waals surface area contributed by atoms with Crippen LogP contribution in [0.4, 0.5) is 0 Å². The number of aromatic amines is 2. The quantitative estimate of drug-likeness (QED) is 0.566. The van der Waals surface area contributed by atoms with Crippen molar-refractivity contribution in [3.63, 3.8) is 0 Å². The van der Waals surface area contributed by atoms with E-state index in [1.54, 1.807) is 12.4 Å². The van der Waals surface area contributed by atoms with Gasteiger partial charge in [-0.2, -0.15) is 0 Å². The Bertz CT molecular complexity index is 313. The summed E-state index contributed by atoms with van der Waals surface area (Å²) in [5.74, 6) is -2.15. The molecule has 0 aliphatic heterocycles. The van der Waals surface area contributed by atoms with Crippen LogP contribution in [0.3, 0.4) is 0 Å². The van der Waals surface area contributed by atoms with Crippen LogP contribution in [0.5, 0.6) is 0 Å². The van der Waals surface area contributed by atoms with Crippen molar-refractivity contribution in [2.45, 2.75) is 12.8 Å². The van der Waals surface area contributed by atoms with Crippen molar-refractivity contribution in [2.75, 3.05) is 0 Å². The highest BCUT2D eigenvalue weighted by Crippen LogP contribution is 1.86. The number of nitrogens with one attached hydrogen (secondary N) is 2. The van der Waals surface area contributed by atoms with E-state index in [1.165, 1.54) is 0 Å². The molecule has 0 bridgehead atoms. The number of H-pyrrole nitrogens is 2. The predicted octanol–water partition coefficient (Wildman–Crippen LogP) is 1.01. The fourth-order valence-electron chi connectivity index (χ4n) is 0.490. The zero-order valence-electron chi connectivity index (χ0n) is 7.19. The van der Waals surface area contributed by atoms with Gasteiger partial charge >= 0.3 is 11.9 Å². The molecule has 78 valence electrons. The van der Waals surface area contributed by atoms with Gasteiger partial charge in [0.2, 0.25) is 0 Å². The minimum atomic E-state index is -1.08. The topological polar surface area (TPSA) is 106 Å². The first-order valence-electron chi connectivity index (χ1n) is 3.68. The highest BCUT2D eigenvalue weighted by atomic mass is 32.1. The van der Waals surface area contributed by atoms with Crippen molar-refractivity contribution in [3.05, 3.63) is 17.2 Å². The first-order valence-corrected chi connectivity index (χ1v) is 4.09. The van der Waals surface area contributed by atoms with Gasteiger partial charge in [0.25, 0.3) is 0 Å². The Morgan fingerprint density at radius 1 is 1.14 bits per heavy atom. The van der Waals surface area contributed by atoms with Crippen molar-refractivity contribution in [3.8, 4) is 0 Å². The third kappa shape index (κ3) is 8.47. The molecule has 1 rings (SSSR count). The largest absolute Gasteiger partial charge is 0.481 e. The molecule has 7 heteroatoms. The maximum absolute atomic E-state index is 9.64. The molecule has 0 saturated heterocycles. The Kier molecular flexibility index (Phi) is 6.04. The molecule has 0 unspecified atom stereocenters. The molecule has 0 aliphatic carbocycles. The van der Waals surface area contributed by atoms with E-state index in [-0.39, 0.29) is 12.8 Å². The summed E-state index contributed by atoms with van der Waals surface area (Å²) in [5, 5.41) is 15.8. The van der Waals surface area contributed by atoms with Crippen LogP contribution in [0.1, 0.15) is 12.8 Å². The number of imidazole rings is 1. The van der Waals surface area contributed by atoms with Gasteiger partial charge in [-0.1, -0.05) is 0 Å². The third-order valence-electron chi connectivity index (χ3n) is 1.06. The van der Waals surface area contributed by atoms with Crippen LogP contribution in [0.15, 0.2) is 12.4 Å². The number of aliphatic carboxylic acids is 2. The van der Waals surface area contributed by atoms with E-state index in [1.807, 2.05) is 0 Å². The number of carboxylic acid groups (broad SMARTS) is 2. The zero-order chi connectivity index (χ0) is 11.0. The van der Waals surface area contributed by atoms with E-state index in [0.717, 1.165) is 0 Å². The van der Waals surface area contributed by atoms with Gasteiger partial charge < -0.3 is 20.2 Å². The van der Waals surface area contributed by atoms with E-state index in [9.17, 15) is 9.59 Å². The maximum atomic E-state index is 9.64. The fraction of sp³-hybridized carbons (Fsp3) is 0.286. The van der Waals surface area contributed by atoms with Gasteiger partial charge in [-0.05, 0) is 12.2 Å². The summed E-state index contributed by atoms with van der Waals surface area (Å²) in [6.45, 7) is 0. The van der Waals surface area contributed by atoms with Crippen LogP contribution in [0.2, 0.25) is 0 Å². The SMILES string of the molecule is O=C(O)CCC(=O)O.S=c1[nH]cc[nH]1. The van der Waals surface area contributed by atoms with Crippen molar-refractivity contribution < 1.29 is 19.8 Å². The van der Waals surface area contributed by atoms with Crippen LogP contribution in [-0.2, 0) is 9.59 Å². The molecule has 6 nitrogen and oxygen atoms in total. The average molecular weight is 218 g/mol. The lowest BCUT2D eigenvalue weighted by Crippen LogP contribution is -2.00. The summed E-state index contributed by atoms with van der Waals surface area (Å²) in [6, 6.07) is 0. The Labute approximate surface area is 84.6 Å². The normalized spacial score (nSPS) is 8.57. The fourth-order valence-corrected chi connectivity index (χ4v) is 0.626. The molecule has 1 heterocycles. The van der Waals surface area contributed by atoms with Crippen LogP contribution in [-0.4, -0.2) is 32.1 Å². The molecule has 0 radical (unpaired) electrons. The predicted molar refractivity (Wildman–Crippen MR) is 50.5 cm³/mol. The minimum Gasteiger partial charge on any atom is -0.481 e. The first kappa shape index (κ1) is 12.4. The van der Waals surface area contributed by atoms with Crippen LogP contribution < -0.4 is 0 Å². The van der Waals surface area contributed by atoms with E-state index in [0.29, 0.717) is 4.77 Å². The summed E-state index contributed by atoms with van der Waals surface area (Å²) < 4.78 is 0.676. The maximum Gasteiger partial charge on any atom is 0.303 e. The Morgan fingerprint density at radius 3 is 1.64 bits per heavy atom. The Balaban J connectivity index is 0.000000249. The van der Waals surface area contributed by atoms with Gasteiger partial charge in [0.1, 0.15) is 0 Å². The first-order chi connectivity index (χ1) is 6.52. The van der Waals surface area contributed by atoms with Crippen molar-refractivity contribution >= 4 is 24.2 Å². The van der Waals surface area contributed by atoms with Crippen LogP contribution in [0, 0.1) is 4.77 Å². The van der Waals surface area contributed by atoms with Gasteiger partial charge in [-0.15, -0.1) is 0 Å². The lowest BCUT2D eigenvalue weighted by molar-refractivity contribution is -0.143. The van der Waals surface area contributed by atoms with Crippen molar-refractivity contribution in [1.29, 1.82) is 0 Å². The summed E-state index contributed by atoms with van der Waals surface area (Å²) >= 11 is 4.63. The molecular weight excluding hydrogens is 208 g/mol. The monoisotopic (exact) mass is 218 g/mol. The van der Waals surface area contributed by atoms with Gasteiger partial charge in [-0.3, -0.25) is 9.59 Å². The van der Waals surface area contributed by atoms with E-state index in [4.69, 9.17) is 10.2 Å². The number of rotatable bonds is 3. The number of hydrogen-bond donors (Lipinski definition) is 4. The second-order valence-corrected chi connectivity index (χ2v) is 2.65. The Morgan fingerprint density at radius 2 is 1.50 bits per heavy atom. The van der Waals surface area contributed by atoms with Crippen LogP contribution in [0.25, 0.3) is 0 Å². The molecular formula is C7H10N2O4S. The van der Waals surface area contributed by atoms with E-state index in [2.05, 4.69) is 22.2 Å². The highest BCUT2D eigenvalue weighted by molar-refractivity contribution is 7.71. The molecule has 1 aromatic heterocycles. The molecule has 0 aliphatic rings. The average Bonchev–Trinajstić information content (AvgIpc) is 2.53. The lowest BCUT2D eigenvalue weighted by Gasteiger charge is -1.85. The second-order valence-electron chi connectivity index (χ2n) is 2.24. The molecule has 0 spiro atoms. The Hall–Kier alpha value is -1.63. The summed E-state index contributed by atoms with van der Waals surface area (Å²) in [4.78, 5) is 24.8. The summed E-state index contributed by atoms with van der Waals surface area (Å²) in [7, 11) is 0. The molecule has 0 amide bonds. The van der Waals surface area contributed by atoms with Gasteiger partial charge in [0.15, 0.2) is 4.77 Å². The van der Waals surface area contributed by atoms with Crippen molar-refractivity contribution in [1.82, 2.24) is 9.97 Å². The van der Waals surface area contributed by atoms with Gasteiger partial charge in [0, 0.05) is 12.4 Å². The van der Waals surface area contributed by atoms with Gasteiger partial charge in [0.05, 0.1) is 12.8 Å². The molecule has 4 N–H and O–H groups in total. The molecule has 1 aromatic rings. The second kappa shape index (κ2) is 6.84. The summed E-state index contributed by atoms with van der Waals surface area (Å²) in [5.41, 5.74) is 0. The lowest BCUT2D eigenvalue weighted by atomic mass is 10.3. The molecule has 0 saturated carbocycles. The molecule has 0 fully saturated rings. The number of carbonyl (C=O) groups is 2. The highest BCUT2D eigenvalue weighted by Gasteiger charge is 2.00. The van der Waals surface area contributed by atoms with E-state index >= 15 is 0 Å². The van der Waals surface area contributed by atoms with Crippen molar-refractivity contribution in [2.24, 2.45) is 0 Å². The molecule has 0 aromatic carbocycles. The number of aromatic nitrogens is 2. The number of hydrogen-bond acceptors (Lipinski definition) is 3.